The van der Waals surface area contributed by atoms with Crippen LogP contribution in [0, 0.1) is 5.92 Å². The topological polar surface area (TPSA) is 85.2 Å². The molecule has 8 nitrogen and oxygen atoms in total. The first-order chi connectivity index (χ1) is 13.2. The van der Waals surface area contributed by atoms with E-state index in [1.54, 1.807) is 15.8 Å². The third-order valence-electron chi connectivity index (χ3n) is 4.57. The fourth-order valence-electron chi connectivity index (χ4n) is 3.13. The number of halogens is 1. The zero-order valence-corrected chi connectivity index (χ0v) is 17.5. The summed E-state index contributed by atoms with van der Waals surface area (Å²) in [7, 11) is 1.87. The summed E-state index contributed by atoms with van der Waals surface area (Å²) in [5.41, 5.74) is 1.14. The molecule has 0 bridgehead atoms. The zero-order chi connectivity index (χ0) is 20.3. The van der Waals surface area contributed by atoms with Crippen molar-refractivity contribution in [3.8, 4) is 11.3 Å². The van der Waals surface area contributed by atoms with Gasteiger partial charge in [0.2, 0.25) is 5.28 Å². The van der Waals surface area contributed by atoms with Gasteiger partial charge in [-0.2, -0.15) is 5.10 Å². The second-order valence-corrected chi connectivity index (χ2v) is 8.41. The van der Waals surface area contributed by atoms with Crippen LogP contribution in [0.3, 0.4) is 0 Å². The van der Waals surface area contributed by atoms with Crippen LogP contribution in [0.4, 0.5) is 10.6 Å². The molecule has 0 spiro atoms. The summed E-state index contributed by atoms with van der Waals surface area (Å²) in [4.78, 5) is 22.4. The van der Waals surface area contributed by atoms with Gasteiger partial charge in [-0.05, 0) is 57.2 Å². The van der Waals surface area contributed by atoms with Crippen molar-refractivity contribution in [1.29, 1.82) is 0 Å². The van der Waals surface area contributed by atoms with Gasteiger partial charge in [0.25, 0.3) is 0 Å². The molecule has 3 rings (SSSR count). The molecule has 0 radical (unpaired) electrons. The first-order valence-electron chi connectivity index (χ1n) is 9.45. The van der Waals surface area contributed by atoms with Crippen LogP contribution >= 0.6 is 11.6 Å². The van der Waals surface area contributed by atoms with Crippen molar-refractivity contribution in [2.24, 2.45) is 13.0 Å². The van der Waals surface area contributed by atoms with Gasteiger partial charge in [0.1, 0.15) is 11.4 Å². The van der Waals surface area contributed by atoms with E-state index in [2.05, 4.69) is 20.4 Å². The van der Waals surface area contributed by atoms with Crippen LogP contribution in [0.15, 0.2) is 18.5 Å². The summed E-state index contributed by atoms with van der Waals surface area (Å²) in [6, 6.07) is 1.91. The summed E-state index contributed by atoms with van der Waals surface area (Å²) in [5.74, 6) is 1.11. The van der Waals surface area contributed by atoms with Crippen molar-refractivity contribution in [2.45, 2.75) is 39.2 Å². The summed E-state index contributed by atoms with van der Waals surface area (Å²) in [5, 5.41) is 8.01. The number of hydrogen-bond acceptors (Lipinski definition) is 6. The molecule has 1 fully saturated rings. The number of carbonyl (C=O) groups is 1. The number of aryl methyl sites for hydroxylation is 1. The van der Waals surface area contributed by atoms with E-state index in [-0.39, 0.29) is 11.4 Å². The Balaban J connectivity index is 1.57. The van der Waals surface area contributed by atoms with E-state index >= 15 is 0 Å². The van der Waals surface area contributed by atoms with Crippen LogP contribution in [0.1, 0.15) is 33.6 Å². The normalized spacial score (nSPS) is 15.5. The molecule has 2 aromatic heterocycles. The van der Waals surface area contributed by atoms with Crippen molar-refractivity contribution < 1.29 is 9.53 Å². The molecule has 28 heavy (non-hydrogen) atoms. The number of hydrogen-bond donors (Lipinski definition) is 1. The molecule has 1 aliphatic rings. The minimum Gasteiger partial charge on any atom is -0.444 e. The molecule has 0 unspecified atom stereocenters. The van der Waals surface area contributed by atoms with Crippen molar-refractivity contribution >= 4 is 23.5 Å². The zero-order valence-electron chi connectivity index (χ0n) is 16.8. The Morgan fingerprint density at radius 1 is 1.36 bits per heavy atom. The third-order valence-corrected chi connectivity index (χ3v) is 4.76. The fraction of sp³-hybridized carbons (Fsp3) is 0.579. The van der Waals surface area contributed by atoms with E-state index in [0.29, 0.717) is 24.8 Å². The highest BCUT2D eigenvalue weighted by Gasteiger charge is 2.27. The number of ether oxygens (including phenoxy) is 1. The molecule has 1 aliphatic heterocycles. The molecule has 9 heteroatoms. The fourth-order valence-corrected chi connectivity index (χ4v) is 3.26. The maximum atomic E-state index is 12.2. The smallest absolute Gasteiger partial charge is 0.410 e. The first-order valence-corrected chi connectivity index (χ1v) is 9.83. The SMILES string of the molecule is Cn1ccc(-c2cnc(Cl)nc2NCC2CCN(C(=O)OC(C)(C)C)CC2)n1. The minimum atomic E-state index is -0.469. The van der Waals surface area contributed by atoms with Gasteiger partial charge in [-0.3, -0.25) is 4.68 Å². The second-order valence-electron chi connectivity index (χ2n) is 8.07. The standard InChI is InChI=1S/C19H27ClN6O2/c1-19(2,3)28-18(27)26-9-5-13(6-10-26)11-21-16-14(12-22-17(20)23-16)15-7-8-25(4)24-15/h7-8,12-13H,5-6,9-11H2,1-4H3,(H,21,22,23). The number of nitrogens with one attached hydrogen (secondary N) is 1. The first kappa shape index (κ1) is 20.4. The highest BCUT2D eigenvalue weighted by Crippen LogP contribution is 2.26. The van der Waals surface area contributed by atoms with Crippen molar-refractivity contribution in [2.75, 3.05) is 25.0 Å². The predicted octanol–water partition coefficient (Wildman–Crippen LogP) is 3.59. The van der Waals surface area contributed by atoms with Crippen LogP contribution in [0.5, 0.6) is 0 Å². The number of likely N-dealkylation sites (tertiary alicyclic amines) is 1. The lowest BCUT2D eigenvalue weighted by Gasteiger charge is -2.33. The van der Waals surface area contributed by atoms with Crippen molar-refractivity contribution in [3.05, 3.63) is 23.7 Å². The molecule has 152 valence electrons. The number of carbonyl (C=O) groups excluding carboxylic acids is 1. The Morgan fingerprint density at radius 2 is 2.07 bits per heavy atom. The Hall–Kier alpha value is -2.35. The van der Waals surface area contributed by atoms with Gasteiger partial charge in [0.15, 0.2) is 0 Å². The Labute approximate surface area is 170 Å². The van der Waals surface area contributed by atoms with Crippen molar-refractivity contribution in [3.63, 3.8) is 0 Å². The van der Waals surface area contributed by atoms with Gasteiger partial charge in [0, 0.05) is 39.1 Å². The number of nitrogens with zero attached hydrogens (tertiary/aromatic N) is 5. The molecular formula is C19H27ClN6O2. The number of rotatable bonds is 4. The van der Waals surface area contributed by atoms with Crippen LogP contribution in [-0.2, 0) is 11.8 Å². The monoisotopic (exact) mass is 406 g/mol. The van der Waals surface area contributed by atoms with E-state index < -0.39 is 5.60 Å². The quantitative estimate of drug-likeness (QED) is 0.781. The number of aromatic nitrogens is 4. The lowest BCUT2D eigenvalue weighted by atomic mass is 9.97. The molecule has 0 aromatic carbocycles. The Bertz CT molecular complexity index is 824. The molecule has 2 aromatic rings. The largest absolute Gasteiger partial charge is 0.444 e. The Morgan fingerprint density at radius 3 is 2.68 bits per heavy atom. The molecule has 0 aliphatic carbocycles. The second kappa shape index (κ2) is 8.34. The lowest BCUT2D eigenvalue weighted by molar-refractivity contribution is 0.0188. The number of amides is 1. The molecule has 1 amide bonds. The van der Waals surface area contributed by atoms with Gasteiger partial charge in [0.05, 0.1) is 11.3 Å². The number of anilines is 1. The predicted molar refractivity (Wildman–Crippen MR) is 108 cm³/mol. The molecule has 0 atom stereocenters. The van der Waals surface area contributed by atoms with Crippen LogP contribution in [-0.4, -0.2) is 56.0 Å². The molecular weight excluding hydrogens is 380 g/mol. The summed E-state index contributed by atoms with van der Waals surface area (Å²) >= 11 is 5.99. The third kappa shape index (κ3) is 5.34. The van der Waals surface area contributed by atoms with Crippen LogP contribution in [0.2, 0.25) is 5.28 Å². The van der Waals surface area contributed by atoms with E-state index in [1.807, 2.05) is 40.1 Å². The van der Waals surface area contributed by atoms with Gasteiger partial charge >= 0.3 is 6.09 Å². The van der Waals surface area contributed by atoms with Crippen LogP contribution < -0.4 is 5.32 Å². The average Bonchev–Trinajstić information content (AvgIpc) is 3.05. The molecule has 1 saturated heterocycles. The van der Waals surface area contributed by atoms with Gasteiger partial charge in [-0.15, -0.1) is 0 Å². The minimum absolute atomic E-state index is 0.196. The van der Waals surface area contributed by atoms with Crippen molar-refractivity contribution in [1.82, 2.24) is 24.6 Å². The van der Waals surface area contributed by atoms with Crippen LogP contribution in [0.25, 0.3) is 11.3 Å². The number of piperidine rings is 1. The maximum Gasteiger partial charge on any atom is 0.410 e. The summed E-state index contributed by atoms with van der Waals surface area (Å²) in [6.45, 7) is 7.78. The van der Waals surface area contributed by atoms with Gasteiger partial charge in [-0.1, -0.05) is 0 Å². The molecule has 0 saturated carbocycles. The van der Waals surface area contributed by atoms with E-state index in [1.165, 1.54) is 0 Å². The highest BCUT2D eigenvalue weighted by molar-refractivity contribution is 6.28. The summed E-state index contributed by atoms with van der Waals surface area (Å²) < 4.78 is 7.19. The Kier molecular flexibility index (Phi) is 6.07. The molecule has 3 heterocycles. The highest BCUT2D eigenvalue weighted by atomic mass is 35.5. The van der Waals surface area contributed by atoms with E-state index in [4.69, 9.17) is 16.3 Å². The average molecular weight is 407 g/mol. The lowest BCUT2D eigenvalue weighted by Crippen LogP contribution is -2.42. The van der Waals surface area contributed by atoms with Gasteiger partial charge in [-0.25, -0.2) is 14.8 Å². The maximum absolute atomic E-state index is 12.2. The molecule has 1 N–H and O–H groups in total. The van der Waals surface area contributed by atoms with Gasteiger partial charge < -0.3 is 15.0 Å². The van der Waals surface area contributed by atoms with E-state index in [9.17, 15) is 4.79 Å². The van der Waals surface area contributed by atoms with E-state index in [0.717, 1.165) is 30.6 Å². The summed E-state index contributed by atoms with van der Waals surface area (Å²) in [6.07, 6.45) is 5.14.